The molecule has 1 saturated heterocycles. The molecule has 0 radical (unpaired) electrons. The first-order valence-electron chi connectivity index (χ1n) is 6.39. The number of morpholine rings is 1. The molecule has 0 saturated carbocycles. The average Bonchev–Trinajstić information content (AvgIpc) is 2.46. The summed E-state index contributed by atoms with van der Waals surface area (Å²) in [7, 11) is 0. The van der Waals surface area contributed by atoms with Gasteiger partial charge < -0.3 is 19.5 Å². The lowest BCUT2D eigenvalue weighted by Crippen LogP contribution is -2.35. The number of hydrogen-bond acceptors (Lipinski definition) is 4. The Hall–Kier alpha value is -1.47. The third kappa shape index (κ3) is 2.43. The van der Waals surface area contributed by atoms with Crippen molar-refractivity contribution in [1.29, 1.82) is 0 Å². The lowest BCUT2D eigenvalue weighted by atomic mass is 9.98. The Morgan fingerprint density at radius 1 is 1.10 bits per heavy atom. The van der Waals surface area contributed by atoms with Gasteiger partial charge in [-0.25, -0.2) is 0 Å². The summed E-state index contributed by atoms with van der Waals surface area (Å²) < 4.78 is 55.8. The molecule has 1 fully saturated rings. The van der Waals surface area contributed by atoms with Crippen molar-refractivity contribution >= 4 is 0 Å². The molecule has 20 heavy (non-hydrogen) atoms. The van der Waals surface area contributed by atoms with Crippen LogP contribution < -0.4 is 14.8 Å². The van der Waals surface area contributed by atoms with Gasteiger partial charge in [0.05, 0.1) is 18.3 Å². The molecule has 110 valence electrons. The normalized spacial score (nSPS) is 22.6. The fourth-order valence-corrected chi connectivity index (χ4v) is 2.46. The maximum absolute atomic E-state index is 13.2. The Morgan fingerprint density at radius 3 is 2.60 bits per heavy atom. The number of benzene rings is 1. The summed E-state index contributed by atoms with van der Waals surface area (Å²) in [6.45, 7) is 1.89. The van der Waals surface area contributed by atoms with Crippen LogP contribution in [-0.4, -0.2) is 32.9 Å². The number of fused-ring (bicyclic) bond motifs is 1. The predicted octanol–water partition coefficient (Wildman–Crippen LogP) is 2.14. The van der Waals surface area contributed by atoms with E-state index in [-0.39, 0.29) is 17.9 Å². The van der Waals surface area contributed by atoms with E-state index < -0.39 is 17.8 Å². The molecule has 0 bridgehead atoms. The second-order valence-electron chi connectivity index (χ2n) is 4.61. The highest BCUT2D eigenvalue weighted by molar-refractivity contribution is 5.53. The minimum absolute atomic E-state index is 0.0295. The van der Waals surface area contributed by atoms with Crippen LogP contribution in [0, 0.1) is 0 Å². The molecule has 0 spiro atoms. The minimum atomic E-state index is -4.45. The summed E-state index contributed by atoms with van der Waals surface area (Å²) in [5.41, 5.74) is -0.697. The largest absolute Gasteiger partial charge is 0.486 e. The number of alkyl halides is 3. The number of ether oxygens (including phenoxy) is 3. The van der Waals surface area contributed by atoms with Crippen LogP contribution in [0.4, 0.5) is 13.2 Å². The van der Waals surface area contributed by atoms with E-state index in [4.69, 9.17) is 14.2 Å². The molecule has 2 aliphatic rings. The molecular formula is C13H14F3NO3. The van der Waals surface area contributed by atoms with Crippen LogP contribution in [0.15, 0.2) is 12.1 Å². The van der Waals surface area contributed by atoms with Gasteiger partial charge in [0.25, 0.3) is 0 Å². The standard InChI is InChI=1S/C13H14F3NO3/c14-13(15,16)8-1-2-9-12(20-6-5-19-9)11(8)10-7-17-3-4-18-10/h1-2,10,17H,3-7H2. The van der Waals surface area contributed by atoms with Gasteiger partial charge in [-0.1, -0.05) is 0 Å². The van der Waals surface area contributed by atoms with Crippen molar-refractivity contribution in [3.8, 4) is 11.5 Å². The van der Waals surface area contributed by atoms with Gasteiger partial charge in [0.15, 0.2) is 11.5 Å². The molecule has 3 rings (SSSR count). The van der Waals surface area contributed by atoms with Gasteiger partial charge in [0, 0.05) is 18.7 Å². The van der Waals surface area contributed by atoms with Gasteiger partial charge in [-0.15, -0.1) is 0 Å². The number of nitrogens with one attached hydrogen (secondary N) is 1. The van der Waals surface area contributed by atoms with Crippen molar-refractivity contribution in [2.75, 3.05) is 32.9 Å². The highest BCUT2D eigenvalue weighted by Crippen LogP contribution is 2.45. The molecule has 1 unspecified atom stereocenters. The monoisotopic (exact) mass is 289 g/mol. The Bertz CT molecular complexity index is 498. The molecule has 1 N–H and O–H groups in total. The van der Waals surface area contributed by atoms with E-state index in [2.05, 4.69) is 5.32 Å². The van der Waals surface area contributed by atoms with Crippen molar-refractivity contribution in [3.63, 3.8) is 0 Å². The van der Waals surface area contributed by atoms with Gasteiger partial charge in [-0.3, -0.25) is 0 Å². The van der Waals surface area contributed by atoms with Crippen LogP contribution in [0.25, 0.3) is 0 Å². The fraction of sp³-hybridized carbons (Fsp3) is 0.538. The van der Waals surface area contributed by atoms with E-state index in [1.54, 1.807) is 0 Å². The lowest BCUT2D eigenvalue weighted by molar-refractivity contribution is -0.140. The van der Waals surface area contributed by atoms with Gasteiger partial charge in [-0.05, 0) is 12.1 Å². The SMILES string of the molecule is FC(F)(F)c1ccc2c(c1C1CNCCO1)OCCO2. The predicted molar refractivity (Wildman–Crippen MR) is 64.0 cm³/mol. The summed E-state index contributed by atoms with van der Waals surface area (Å²) in [4.78, 5) is 0. The van der Waals surface area contributed by atoms with E-state index in [0.29, 0.717) is 32.1 Å². The molecule has 1 aromatic carbocycles. The van der Waals surface area contributed by atoms with E-state index in [0.717, 1.165) is 6.07 Å². The lowest BCUT2D eigenvalue weighted by Gasteiger charge is -2.30. The van der Waals surface area contributed by atoms with Crippen molar-refractivity contribution in [1.82, 2.24) is 5.32 Å². The van der Waals surface area contributed by atoms with Crippen LogP contribution in [0.2, 0.25) is 0 Å². The topological polar surface area (TPSA) is 39.7 Å². The van der Waals surface area contributed by atoms with E-state index in [1.807, 2.05) is 0 Å². The van der Waals surface area contributed by atoms with Crippen LogP contribution in [-0.2, 0) is 10.9 Å². The molecule has 0 aliphatic carbocycles. The van der Waals surface area contributed by atoms with Crippen LogP contribution >= 0.6 is 0 Å². The van der Waals surface area contributed by atoms with Crippen LogP contribution in [0.5, 0.6) is 11.5 Å². The van der Waals surface area contributed by atoms with E-state index >= 15 is 0 Å². The molecule has 2 aliphatic heterocycles. The van der Waals surface area contributed by atoms with Crippen molar-refractivity contribution in [3.05, 3.63) is 23.3 Å². The summed E-state index contributed by atoms with van der Waals surface area (Å²) in [5.74, 6) is 0.494. The Balaban J connectivity index is 2.10. The second-order valence-corrected chi connectivity index (χ2v) is 4.61. The van der Waals surface area contributed by atoms with Gasteiger partial charge in [0.2, 0.25) is 0 Å². The minimum Gasteiger partial charge on any atom is -0.486 e. The molecule has 7 heteroatoms. The zero-order valence-corrected chi connectivity index (χ0v) is 10.6. The van der Waals surface area contributed by atoms with Gasteiger partial charge in [0.1, 0.15) is 13.2 Å². The van der Waals surface area contributed by atoms with Gasteiger partial charge >= 0.3 is 6.18 Å². The van der Waals surface area contributed by atoms with Crippen LogP contribution in [0.3, 0.4) is 0 Å². The Morgan fingerprint density at radius 2 is 1.90 bits per heavy atom. The summed E-state index contributed by atoms with van der Waals surface area (Å²) in [5, 5.41) is 3.03. The van der Waals surface area contributed by atoms with E-state index in [9.17, 15) is 13.2 Å². The van der Waals surface area contributed by atoms with Crippen molar-refractivity contribution in [2.45, 2.75) is 12.3 Å². The highest BCUT2D eigenvalue weighted by atomic mass is 19.4. The van der Waals surface area contributed by atoms with Crippen molar-refractivity contribution in [2.24, 2.45) is 0 Å². The van der Waals surface area contributed by atoms with Crippen molar-refractivity contribution < 1.29 is 27.4 Å². The third-order valence-electron chi connectivity index (χ3n) is 3.30. The maximum Gasteiger partial charge on any atom is 0.416 e. The first-order chi connectivity index (χ1) is 9.57. The summed E-state index contributed by atoms with van der Waals surface area (Å²) in [6.07, 6.45) is -5.14. The second kappa shape index (κ2) is 5.14. The zero-order valence-electron chi connectivity index (χ0n) is 10.6. The Kier molecular flexibility index (Phi) is 3.47. The van der Waals surface area contributed by atoms with Gasteiger partial charge in [-0.2, -0.15) is 13.2 Å². The molecule has 0 amide bonds. The Labute approximate surface area is 113 Å². The molecule has 4 nitrogen and oxygen atoms in total. The first-order valence-corrected chi connectivity index (χ1v) is 6.39. The number of rotatable bonds is 1. The molecular weight excluding hydrogens is 275 g/mol. The molecule has 1 aromatic rings. The van der Waals surface area contributed by atoms with E-state index in [1.165, 1.54) is 6.07 Å². The van der Waals surface area contributed by atoms with Crippen LogP contribution in [0.1, 0.15) is 17.2 Å². The number of halogens is 3. The smallest absolute Gasteiger partial charge is 0.416 e. The third-order valence-corrected chi connectivity index (χ3v) is 3.30. The molecule has 1 atom stereocenters. The maximum atomic E-state index is 13.2. The molecule has 2 heterocycles. The quantitative estimate of drug-likeness (QED) is 0.860. The fourth-order valence-electron chi connectivity index (χ4n) is 2.46. The summed E-state index contributed by atoms with van der Waals surface area (Å²) in [6, 6.07) is 2.33. The average molecular weight is 289 g/mol. The highest BCUT2D eigenvalue weighted by Gasteiger charge is 2.39. The zero-order chi connectivity index (χ0) is 14.2. The molecule has 0 aromatic heterocycles. The first kappa shape index (κ1) is 13.5. The summed E-state index contributed by atoms with van der Waals surface area (Å²) >= 11 is 0. The number of hydrogen-bond donors (Lipinski definition) is 1.